The van der Waals surface area contributed by atoms with Crippen LogP contribution in [0.25, 0.3) is 16.7 Å². The zero-order valence-electron chi connectivity index (χ0n) is 14.0. The highest BCUT2D eigenvalue weighted by Crippen LogP contribution is 2.29. The van der Waals surface area contributed by atoms with Gasteiger partial charge in [0.1, 0.15) is 22.9 Å². The Morgan fingerprint density at radius 3 is 2.77 bits per heavy atom. The Kier molecular flexibility index (Phi) is 4.53. The SMILES string of the molecule is COc1cccc(CSc2ncnc3c2cnn3-c2ccc(F)cc2)c1. The molecule has 4 aromatic rings. The van der Waals surface area contributed by atoms with Crippen LogP contribution < -0.4 is 4.74 Å². The van der Waals surface area contributed by atoms with Crippen molar-refractivity contribution >= 4 is 22.8 Å². The highest BCUT2D eigenvalue weighted by Gasteiger charge is 2.12. The topological polar surface area (TPSA) is 52.8 Å². The molecule has 5 nitrogen and oxygen atoms in total. The lowest BCUT2D eigenvalue weighted by Crippen LogP contribution is -1.98. The Balaban J connectivity index is 1.63. The Morgan fingerprint density at radius 2 is 1.96 bits per heavy atom. The van der Waals surface area contributed by atoms with Crippen molar-refractivity contribution in [2.24, 2.45) is 0 Å². The van der Waals surface area contributed by atoms with Crippen molar-refractivity contribution in [2.45, 2.75) is 10.8 Å². The molecule has 2 aromatic carbocycles. The van der Waals surface area contributed by atoms with Gasteiger partial charge in [0.2, 0.25) is 0 Å². The molecular formula is C19H15FN4OS. The molecular weight excluding hydrogens is 351 g/mol. The molecule has 7 heteroatoms. The molecule has 0 bridgehead atoms. The van der Waals surface area contributed by atoms with E-state index in [2.05, 4.69) is 21.1 Å². The van der Waals surface area contributed by atoms with Crippen molar-refractivity contribution in [3.63, 3.8) is 0 Å². The number of rotatable bonds is 5. The number of thioether (sulfide) groups is 1. The minimum Gasteiger partial charge on any atom is -0.497 e. The number of nitrogens with zero attached hydrogens (tertiary/aromatic N) is 4. The normalized spacial score (nSPS) is 11.0. The van der Waals surface area contributed by atoms with E-state index < -0.39 is 0 Å². The zero-order valence-corrected chi connectivity index (χ0v) is 14.8. The maximum Gasteiger partial charge on any atom is 0.167 e. The van der Waals surface area contributed by atoms with Crippen LogP contribution in [-0.2, 0) is 5.75 Å². The van der Waals surface area contributed by atoms with E-state index in [9.17, 15) is 4.39 Å². The maximum absolute atomic E-state index is 13.2. The molecule has 0 saturated carbocycles. The van der Waals surface area contributed by atoms with Crippen molar-refractivity contribution in [1.29, 1.82) is 0 Å². The molecule has 4 rings (SSSR count). The number of hydrogen-bond acceptors (Lipinski definition) is 5. The van der Waals surface area contributed by atoms with Crippen LogP contribution in [0.15, 0.2) is 66.1 Å². The predicted octanol–water partition coefficient (Wildman–Crippen LogP) is 4.26. The van der Waals surface area contributed by atoms with Gasteiger partial charge in [0.15, 0.2) is 5.65 Å². The first kappa shape index (κ1) is 16.5. The molecule has 0 spiro atoms. The summed E-state index contributed by atoms with van der Waals surface area (Å²) in [7, 11) is 1.66. The van der Waals surface area contributed by atoms with Crippen LogP contribution in [0.4, 0.5) is 4.39 Å². The summed E-state index contributed by atoms with van der Waals surface area (Å²) >= 11 is 1.61. The third-order valence-corrected chi connectivity index (χ3v) is 4.99. The smallest absolute Gasteiger partial charge is 0.167 e. The average Bonchev–Trinajstić information content (AvgIpc) is 3.12. The number of halogens is 1. The lowest BCUT2D eigenvalue weighted by molar-refractivity contribution is 0.414. The lowest BCUT2D eigenvalue weighted by Gasteiger charge is -2.06. The third-order valence-electron chi connectivity index (χ3n) is 3.91. The number of methoxy groups -OCH3 is 1. The second kappa shape index (κ2) is 7.13. The van der Waals surface area contributed by atoms with Crippen LogP contribution in [-0.4, -0.2) is 26.9 Å². The van der Waals surface area contributed by atoms with Crippen LogP contribution in [0, 0.1) is 5.82 Å². The van der Waals surface area contributed by atoms with E-state index >= 15 is 0 Å². The third kappa shape index (κ3) is 3.25. The Labute approximate surface area is 153 Å². The van der Waals surface area contributed by atoms with Crippen LogP contribution in [0.5, 0.6) is 5.75 Å². The molecule has 0 aliphatic rings. The summed E-state index contributed by atoms with van der Waals surface area (Å²) in [6, 6.07) is 14.1. The van der Waals surface area contributed by atoms with Gasteiger partial charge >= 0.3 is 0 Å². The molecule has 0 radical (unpaired) electrons. The molecule has 130 valence electrons. The van der Waals surface area contributed by atoms with E-state index in [1.54, 1.807) is 41.9 Å². The highest BCUT2D eigenvalue weighted by molar-refractivity contribution is 7.98. The first-order valence-corrected chi connectivity index (χ1v) is 8.93. The van der Waals surface area contributed by atoms with E-state index in [1.807, 2.05) is 18.2 Å². The van der Waals surface area contributed by atoms with Gasteiger partial charge in [0.05, 0.1) is 24.4 Å². The second-order valence-electron chi connectivity index (χ2n) is 5.59. The van der Waals surface area contributed by atoms with Crippen molar-refractivity contribution < 1.29 is 9.13 Å². The minimum atomic E-state index is -0.283. The first-order chi connectivity index (χ1) is 12.7. The van der Waals surface area contributed by atoms with Gasteiger partial charge in [-0.2, -0.15) is 5.10 Å². The average molecular weight is 366 g/mol. The molecule has 2 heterocycles. The van der Waals surface area contributed by atoms with Gasteiger partial charge in [-0.05, 0) is 42.0 Å². The summed E-state index contributed by atoms with van der Waals surface area (Å²) in [6.07, 6.45) is 3.27. The fourth-order valence-electron chi connectivity index (χ4n) is 2.62. The summed E-state index contributed by atoms with van der Waals surface area (Å²) in [5.41, 5.74) is 2.59. The lowest BCUT2D eigenvalue weighted by atomic mass is 10.2. The molecule has 0 amide bonds. The quantitative estimate of drug-likeness (QED) is 0.390. The largest absolute Gasteiger partial charge is 0.497 e. The molecule has 0 aliphatic carbocycles. The molecule has 0 saturated heterocycles. The Morgan fingerprint density at radius 1 is 1.12 bits per heavy atom. The van der Waals surface area contributed by atoms with Gasteiger partial charge in [0, 0.05) is 5.75 Å². The monoisotopic (exact) mass is 366 g/mol. The number of aromatic nitrogens is 4. The van der Waals surface area contributed by atoms with Crippen LogP contribution in [0.1, 0.15) is 5.56 Å². The number of ether oxygens (including phenoxy) is 1. The molecule has 0 unspecified atom stereocenters. The van der Waals surface area contributed by atoms with Crippen LogP contribution >= 0.6 is 11.8 Å². The van der Waals surface area contributed by atoms with E-state index in [4.69, 9.17) is 4.74 Å². The van der Waals surface area contributed by atoms with Crippen LogP contribution in [0.3, 0.4) is 0 Å². The van der Waals surface area contributed by atoms with E-state index in [-0.39, 0.29) is 5.82 Å². The Bertz CT molecular complexity index is 1050. The van der Waals surface area contributed by atoms with Gasteiger partial charge < -0.3 is 4.74 Å². The number of benzene rings is 2. The van der Waals surface area contributed by atoms with Gasteiger partial charge in [0.25, 0.3) is 0 Å². The standard InChI is InChI=1S/C19H15FN4OS/c1-25-16-4-2-3-13(9-16)11-26-19-17-10-23-24(18(17)21-12-22-19)15-7-5-14(20)6-8-15/h2-10,12H,11H2,1H3. The van der Waals surface area contributed by atoms with E-state index in [1.165, 1.54) is 18.5 Å². The fourth-order valence-corrected chi connectivity index (χ4v) is 3.53. The number of hydrogen-bond donors (Lipinski definition) is 0. The number of fused-ring (bicyclic) bond motifs is 1. The predicted molar refractivity (Wildman–Crippen MR) is 99.2 cm³/mol. The highest BCUT2D eigenvalue weighted by atomic mass is 32.2. The van der Waals surface area contributed by atoms with Gasteiger partial charge in [-0.25, -0.2) is 19.0 Å². The minimum absolute atomic E-state index is 0.283. The molecule has 0 fully saturated rings. The second-order valence-corrected chi connectivity index (χ2v) is 6.55. The summed E-state index contributed by atoms with van der Waals surface area (Å²) in [4.78, 5) is 8.74. The summed E-state index contributed by atoms with van der Waals surface area (Å²) < 4.78 is 20.1. The van der Waals surface area contributed by atoms with Crippen LogP contribution in [0.2, 0.25) is 0 Å². The molecule has 0 atom stereocenters. The fraction of sp³-hybridized carbons (Fsp3) is 0.105. The van der Waals surface area contributed by atoms with Gasteiger partial charge in [-0.3, -0.25) is 0 Å². The van der Waals surface area contributed by atoms with E-state index in [0.717, 1.165) is 33.2 Å². The zero-order chi connectivity index (χ0) is 17.9. The first-order valence-electron chi connectivity index (χ1n) is 7.95. The van der Waals surface area contributed by atoms with E-state index in [0.29, 0.717) is 5.65 Å². The molecule has 0 N–H and O–H groups in total. The van der Waals surface area contributed by atoms with Crippen molar-refractivity contribution in [2.75, 3.05) is 7.11 Å². The molecule has 0 aliphatic heterocycles. The van der Waals surface area contributed by atoms with Crippen molar-refractivity contribution in [3.05, 3.63) is 72.4 Å². The molecule has 26 heavy (non-hydrogen) atoms. The summed E-state index contributed by atoms with van der Waals surface area (Å²) in [5, 5.41) is 6.12. The summed E-state index contributed by atoms with van der Waals surface area (Å²) in [5.74, 6) is 1.31. The summed E-state index contributed by atoms with van der Waals surface area (Å²) in [6.45, 7) is 0. The maximum atomic E-state index is 13.2. The van der Waals surface area contributed by atoms with Gasteiger partial charge in [-0.1, -0.05) is 12.1 Å². The Hall–Kier alpha value is -2.93. The van der Waals surface area contributed by atoms with Crippen molar-refractivity contribution in [1.82, 2.24) is 19.7 Å². The van der Waals surface area contributed by atoms with Gasteiger partial charge in [-0.15, -0.1) is 11.8 Å². The van der Waals surface area contributed by atoms with Crippen molar-refractivity contribution in [3.8, 4) is 11.4 Å². The molecule has 2 aromatic heterocycles.